The lowest BCUT2D eigenvalue weighted by molar-refractivity contribution is -0.324. The van der Waals surface area contributed by atoms with E-state index in [1.54, 1.807) is 0 Å². The van der Waals surface area contributed by atoms with Crippen LogP contribution in [0.4, 0.5) is 26.3 Å². The molecule has 0 unspecified atom stereocenters. The van der Waals surface area contributed by atoms with Gasteiger partial charge in [-0.25, -0.2) is 5.84 Å². The molecule has 0 heterocycles. The van der Waals surface area contributed by atoms with E-state index in [1.165, 1.54) is 12.1 Å². The molecule has 1 aromatic rings. The standard InChI is InChI=1S/C11H10F6N2O2/c12-10(13,14)9(11(15,16)17)21-5-6-1-3-7(4-2-6)8(20)19-18/h1-4,9H,5,18H2,(H,19,20). The largest absolute Gasteiger partial charge is 0.423 e. The zero-order valence-electron chi connectivity index (χ0n) is 10.3. The van der Waals surface area contributed by atoms with Gasteiger partial charge in [0.25, 0.3) is 5.91 Å². The highest BCUT2D eigenvalue weighted by Gasteiger charge is 2.57. The summed E-state index contributed by atoms with van der Waals surface area (Å²) in [4.78, 5) is 11.1. The smallest absolute Gasteiger partial charge is 0.356 e. The predicted octanol–water partition coefficient (Wildman–Crippen LogP) is 2.30. The molecule has 0 spiro atoms. The van der Waals surface area contributed by atoms with Crippen molar-refractivity contribution in [3.05, 3.63) is 35.4 Å². The summed E-state index contributed by atoms with van der Waals surface area (Å²) in [5.41, 5.74) is 1.97. The lowest BCUT2D eigenvalue weighted by Crippen LogP contribution is -2.44. The molecule has 1 amide bonds. The molecule has 4 nitrogen and oxygen atoms in total. The molecule has 0 aliphatic heterocycles. The zero-order valence-corrected chi connectivity index (χ0v) is 10.3. The SMILES string of the molecule is NNC(=O)c1ccc(COC(C(F)(F)F)C(F)(F)F)cc1. The van der Waals surface area contributed by atoms with Crippen LogP contribution in [-0.4, -0.2) is 24.4 Å². The monoisotopic (exact) mass is 316 g/mol. The van der Waals surface area contributed by atoms with Crippen molar-refractivity contribution in [3.63, 3.8) is 0 Å². The van der Waals surface area contributed by atoms with Gasteiger partial charge >= 0.3 is 12.4 Å². The quantitative estimate of drug-likeness (QED) is 0.388. The van der Waals surface area contributed by atoms with Crippen molar-refractivity contribution in [1.29, 1.82) is 0 Å². The molecule has 0 radical (unpaired) electrons. The van der Waals surface area contributed by atoms with Gasteiger partial charge in [-0.1, -0.05) is 12.1 Å². The first-order chi connectivity index (χ1) is 9.55. The van der Waals surface area contributed by atoms with E-state index in [0.29, 0.717) is 0 Å². The Morgan fingerprint density at radius 2 is 1.57 bits per heavy atom. The van der Waals surface area contributed by atoms with Crippen molar-refractivity contribution in [2.75, 3.05) is 0 Å². The van der Waals surface area contributed by atoms with Gasteiger partial charge in [-0.05, 0) is 17.7 Å². The number of nitrogens with one attached hydrogen (secondary N) is 1. The van der Waals surface area contributed by atoms with Gasteiger partial charge in [0.15, 0.2) is 0 Å². The van der Waals surface area contributed by atoms with Gasteiger partial charge < -0.3 is 4.74 Å². The van der Waals surface area contributed by atoms with E-state index in [9.17, 15) is 31.1 Å². The van der Waals surface area contributed by atoms with Gasteiger partial charge in [-0.15, -0.1) is 0 Å². The average Bonchev–Trinajstić information content (AvgIpc) is 2.35. The number of nitrogen functional groups attached to an aromatic ring is 1. The molecule has 0 fully saturated rings. The lowest BCUT2D eigenvalue weighted by atomic mass is 10.1. The number of benzene rings is 1. The summed E-state index contributed by atoms with van der Waals surface area (Å²) in [6, 6.07) is 4.71. The van der Waals surface area contributed by atoms with E-state index < -0.39 is 31.0 Å². The molecule has 21 heavy (non-hydrogen) atoms. The van der Waals surface area contributed by atoms with Gasteiger partial charge in [0, 0.05) is 5.56 Å². The molecule has 0 bridgehead atoms. The number of hydrazine groups is 1. The molecule has 3 N–H and O–H groups in total. The Labute approximate surface area is 114 Å². The van der Waals surface area contributed by atoms with Crippen molar-refractivity contribution in [3.8, 4) is 0 Å². The highest BCUT2D eigenvalue weighted by atomic mass is 19.4. The molecule has 0 aliphatic rings. The van der Waals surface area contributed by atoms with Crippen LogP contribution in [0, 0.1) is 0 Å². The second-order valence-corrected chi connectivity index (χ2v) is 3.94. The van der Waals surface area contributed by atoms with E-state index >= 15 is 0 Å². The number of rotatable bonds is 4. The van der Waals surface area contributed by atoms with Crippen molar-refractivity contribution >= 4 is 5.91 Å². The van der Waals surface area contributed by atoms with Crippen LogP contribution < -0.4 is 11.3 Å². The highest BCUT2D eigenvalue weighted by Crippen LogP contribution is 2.36. The van der Waals surface area contributed by atoms with Crippen molar-refractivity contribution in [2.24, 2.45) is 5.84 Å². The number of amides is 1. The first-order valence-corrected chi connectivity index (χ1v) is 5.40. The topological polar surface area (TPSA) is 64.3 Å². The second-order valence-electron chi connectivity index (χ2n) is 3.94. The van der Waals surface area contributed by atoms with Gasteiger partial charge in [-0.3, -0.25) is 10.2 Å². The van der Waals surface area contributed by atoms with Crippen LogP contribution in [0.3, 0.4) is 0 Å². The number of halogens is 6. The molecule has 0 saturated heterocycles. The van der Waals surface area contributed by atoms with Crippen LogP contribution in [0.2, 0.25) is 0 Å². The normalized spacial score (nSPS) is 12.6. The molecule has 1 aromatic carbocycles. The summed E-state index contributed by atoms with van der Waals surface area (Å²) >= 11 is 0. The van der Waals surface area contributed by atoms with Gasteiger partial charge in [0.05, 0.1) is 6.61 Å². The average molecular weight is 316 g/mol. The van der Waals surface area contributed by atoms with Crippen LogP contribution in [0.25, 0.3) is 0 Å². The number of alkyl halides is 6. The molecule has 0 aromatic heterocycles. The predicted molar refractivity (Wildman–Crippen MR) is 58.8 cm³/mol. The van der Waals surface area contributed by atoms with Crippen LogP contribution >= 0.6 is 0 Å². The van der Waals surface area contributed by atoms with Crippen LogP contribution in [0.15, 0.2) is 24.3 Å². The fraction of sp³-hybridized carbons (Fsp3) is 0.364. The number of nitrogens with two attached hydrogens (primary N) is 1. The van der Waals surface area contributed by atoms with Gasteiger partial charge in [0.2, 0.25) is 6.10 Å². The van der Waals surface area contributed by atoms with Crippen molar-refractivity contribution < 1.29 is 35.9 Å². The Morgan fingerprint density at radius 3 is 1.95 bits per heavy atom. The Bertz CT molecular complexity index is 469. The van der Waals surface area contributed by atoms with Gasteiger partial charge in [-0.2, -0.15) is 26.3 Å². The van der Waals surface area contributed by atoms with E-state index in [1.807, 2.05) is 5.43 Å². The van der Waals surface area contributed by atoms with Crippen molar-refractivity contribution in [1.82, 2.24) is 5.43 Å². The molecule has 118 valence electrons. The molecule has 0 atom stereocenters. The third-order valence-corrected chi connectivity index (χ3v) is 2.36. The second kappa shape index (κ2) is 6.31. The lowest BCUT2D eigenvalue weighted by Gasteiger charge is -2.23. The number of ether oxygens (including phenoxy) is 1. The summed E-state index contributed by atoms with van der Waals surface area (Å²) in [6.45, 7) is -0.909. The third kappa shape index (κ3) is 4.90. The number of carbonyl (C=O) groups excluding carboxylic acids is 1. The first-order valence-electron chi connectivity index (χ1n) is 5.40. The summed E-state index contributed by atoms with van der Waals surface area (Å²) in [5, 5.41) is 0. The minimum atomic E-state index is -5.56. The summed E-state index contributed by atoms with van der Waals surface area (Å²) in [7, 11) is 0. The number of hydrogen-bond donors (Lipinski definition) is 2. The van der Waals surface area contributed by atoms with Gasteiger partial charge in [0.1, 0.15) is 0 Å². The molecule has 10 heteroatoms. The van der Waals surface area contributed by atoms with Crippen LogP contribution in [0.1, 0.15) is 15.9 Å². The molecular formula is C11H10F6N2O2. The maximum Gasteiger partial charge on any atom is 0.423 e. The maximum atomic E-state index is 12.2. The highest BCUT2D eigenvalue weighted by molar-refractivity contribution is 5.93. The van der Waals surface area contributed by atoms with E-state index in [2.05, 4.69) is 4.74 Å². The number of carbonyl (C=O) groups is 1. The molecule has 0 aliphatic carbocycles. The fourth-order valence-electron chi connectivity index (χ4n) is 1.39. The van der Waals surface area contributed by atoms with E-state index in [-0.39, 0.29) is 11.1 Å². The minimum absolute atomic E-state index is 0.0436. The molecule has 1 rings (SSSR count). The van der Waals surface area contributed by atoms with Crippen LogP contribution in [-0.2, 0) is 11.3 Å². The fourth-order valence-corrected chi connectivity index (χ4v) is 1.39. The van der Waals surface area contributed by atoms with Crippen molar-refractivity contribution in [2.45, 2.75) is 25.1 Å². The zero-order chi connectivity index (χ0) is 16.3. The first kappa shape index (κ1) is 17.2. The molecular weight excluding hydrogens is 306 g/mol. The minimum Gasteiger partial charge on any atom is -0.356 e. The Morgan fingerprint density at radius 1 is 1.10 bits per heavy atom. The van der Waals surface area contributed by atoms with Crippen LogP contribution in [0.5, 0.6) is 0 Å². The summed E-state index contributed by atoms with van der Waals surface area (Å²) < 4.78 is 77.2. The Hall–Kier alpha value is -1.81. The number of hydrogen-bond acceptors (Lipinski definition) is 3. The Kier molecular flexibility index (Phi) is 5.18. The van der Waals surface area contributed by atoms with E-state index in [4.69, 9.17) is 5.84 Å². The summed E-state index contributed by atoms with van der Waals surface area (Å²) in [6.07, 6.45) is -15.0. The maximum absolute atomic E-state index is 12.2. The third-order valence-electron chi connectivity index (χ3n) is 2.36. The van der Waals surface area contributed by atoms with E-state index in [0.717, 1.165) is 12.1 Å². The Balaban J connectivity index is 2.75. The summed E-state index contributed by atoms with van der Waals surface area (Å²) in [5.74, 6) is 4.21. The molecule has 0 saturated carbocycles.